The maximum Gasteiger partial charge on any atom is 0.191 e. The van der Waals surface area contributed by atoms with E-state index in [9.17, 15) is 0 Å². The van der Waals surface area contributed by atoms with Crippen LogP contribution in [0.3, 0.4) is 0 Å². The summed E-state index contributed by atoms with van der Waals surface area (Å²) in [5, 5.41) is 6.86. The van der Waals surface area contributed by atoms with Gasteiger partial charge in [-0.3, -0.25) is 0 Å². The first-order valence-electron chi connectivity index (χ1n) is 9.24. The topological polar surface area (TPSA) is 54.9 Å². The zero-order valence-electron chi connectivity index (χ0n) is 15.4. The van der Waals surface area contributed by atoms with Gasteiger partial charge in [-0.25, -0.2) is 4.99 Å². The van der Waals surface area contributed by atoms with E-state index in [0.29, 0.717) is 13.2 Å². The molecule has 3 rings (SSSR count). The second kappa shape index (κ2) is 9.13. The molecule has 5 nitrogen and oxygen atoms in total. The number of nitrogens with zero attached hydrogens (tertiary/aromatic N) is 1. The number of benzene rings is 2. The molecule has 2 unspecified atom stereocenters. The van der Waals surface area contributed by atoms with Crippen molar-refractivity contribution in [2.24, 2.45) is 4.99 Å². The fraction of sp³-hybridized carbons (Fsp3) is 0.381. The van der Waals surface area contributed by atoms with Crippen LogP contribution in [0, 0.1) is 0 Å². The van der Waals surface area contributed by atoms with Crippen molar-refractivity contribution in [2.75, 3.05) is 19.7 Å². The summed E-state index contributed by atoms with van der Waals surface area (Å²) in [6.07, 6.45) is 0.909. The van der Waals surface area contributed by atoms with Gasteiger partial charge in [-0.15, -0.1) is 0 Å². The first-order chi connectivity index (χ1) is 12.8. The van der Waals surface area contributed by atoms with Crippen molar-refractivity contribution in [3.05, 3.63) is 60.2 Å². The van der Waals surface area contributed by atoms with Crippen LogP contribution in [-0.2, 0) is 0 Å². The molecular formula is C21H27N3O2. The van der Waals surface area contributed by atoms with E-state index in [1.165, 1.54) is 5.56 Å². The lowest BCUT2D eigenvalue weighted by Crippen LogP contribution is -2.41. The molecule has 0 aromatic heterocycles. The van der Waals surface area contributed by atoms with Crippen LogP contribution in [0.5, 0.6) is 11.5 Å². The van der Waals surface area contributed by atoms with Crippen LogP contribution < -0.4 is 20.1 Å². The monoisotopic (exact) mass is 353 g/mol. The van der Waals surface area contributed by atoms with E-state index >= 15 is 0 Å². The van der Waals surface area contributed by atoms with E-state index < -0.39 is 0 Å². The van der Waals surface area contributed by atoms with E-state index in [1.54, 1.807) is 0 Å². The molecule has 1 heterocycles. The van der Waals surface area contributed by atoms with Crippen molar-refractivity contribution in [1.82, 2.24) is 10.6 Å². The fourth-order valence-corrected chi connectivity index (χ4v) is 2.97. The lowest BCUT2D eigenvalue weighted by Gasteiger charge is -2.28. The maximum atomic E-state index is 5.91. The van der Waals surface area contributed by atoms with Crippen LogP contribution >= 0.6 is 0 Å². The maximum absolute atomic E-state index is 5.91. The van der Waals surface area contributed by atoms with Crippen LogP contribution in [0.25, 0.3) is 0 Å². The Kier molecular flexibility index (Phi) is 6.36. The molecule has 0 bridgehead atoms. The predicted octanol–water partition coefficient (Wildman–Crippen LogP) is 3.53. The van der Waals surface area contributed by atoms with Gasteiger partial charge in [0, 0.05) is 18.5 Å². The zero-order chi connectivity index (χ0) is 18.2. The third kappa shape index (κ3) is 4.91. The highest BCUT2D eigenvalue weighted by molar-refractivity contribution is 5.80. The summed E-state index contributed by atoms with van der Waals surface area (Å²) in [5.74, 6) is 2.62. The molecule has 0 spiro atoms. The average molecular weight is 353 g/mol. The first kappa shape index (κ1) is 18.1. The molecule has 138 valence electrons. The van der Waals surface area contributed by atoms with Gasteiger partial charge in [0.15, 0.2) is 5.96 Å². The molecule has 26 heavy (non-hydrogen) atoms. The Hall–Kier alpha value is -2.69. The van der Waals surface area contributed by atoms with Crippen molar-refractivity contribution in [3.8, 4) is 11.5 Å². The van der Waals surface area contributed by atoms with Gasteiger partial charge < -0.3 is 20.1 Å². The standard InChI is InChI=1S/C21H27N3O2/c1-3-22-21(23-15-16(2)26-17-9-5-4-6-10-17)24-19-13-14-25-20-12-8-7-11-18(19)20/h4-12,16,19H,3,13-15H2,1-2H3,(H2,22,23,24). The normalized spacial score (nSPS) is 17.6. The highest BCUT2D eigenvalue weighted by atomic mass is 16.5. The molecule has 0 amide bonds. The van der Waals surface area contributed by atoms with E-state index in [4.69, 9.17) is 14.5 Å². The number of guanidine groups is 1. The molecule has 0 saturated carbocycles. The van der Waals surface area contributed by atoms with E-state index in [1.807, 2.05) is 55.5 Å². The van der Waals surface area contributed by atoms with Gasteiger partial charge in [0.25, 0.3) is 0 Å². The molecule has 5 heteroatoms. The number of para-hydroxylation sites is 2. The molecule has 0 saturated heterocycles. The number of hydrogen-bond donors (Lipinski definition) is 2. The van der Waals surface area contributed by atoms with Gasteiger partial charge in [-0.05, 0) is 32.0 Å². The molecule has 2 aromatic carbocycles. The van der Waals surface area contributed by atoms with Crippen molar-refractivity contribution in [2.45, 2.75) is 32.4 Å². The number of hydrogen-bond acceptors (Lipinski definition) is 3. The highest BCUT2D eigenvalue weighted by Gasteiger charge is 2.21. The van der Waals surface area contributed by atoms with Gasteiger partial charge in [0.2, 0.25) is 0 Å². The number of nitrogens with one attached hydrogen (secondary N) is 2. The lowest BCUT2D eigenvalue weighted by molar-refractivity contribution is 0.230. The molecule has 1 aliphatic rings. The van der Waals surface area contributed by atoms with Crippen LogP contribution in [0.2, 0.25) is 0 Å². The molecule has 2 aromatic rings. The summed E-state index contributed by atoms with van der Waals surface area (Å²) in [6, 6.07) is 18.2. The second-order valence-electron chi connectivity index (χ2n) is 6.33. The summed E-state index contributed by atoms with van der Waals surface area (Å²) < 4.78 is 11.6. The average Bonchev–Trinajstić information content (AvgIpc) is 2.67. The number of aliphatic imine (C=N–C) groups is 1. The minimum atomic E-state index is -0.00479. The fourth-order valence-electron chi connectivity index (χ4n) is 2.97. The summed E-state index contributed by atoms with van der Waals surface area (Å²) in [6.45, 7) is 6.20. The third-order valence-electron chi connectivity index (χ3n) is 4.20. The van der Waals surface area contributed by atoms with Gasteiger partial charge >= 0.3 is 0 Å². The smallest absolute Gasteiger partial charge is 0.191 e. The minimum absolute atomic E-state index is 0.00479. The van der Waals surface area contributed by atoms with Gasteiger partial charge in [0.05, 0.1) is 19.2 Å². The van der Waals surface area contributed by atoms with Crippen LogP contribution in [-0.4, -0.2) is 31.8 Å². The lowest BCUT2D eigenvalue weighted by atomic mass is 10.0. The van der Waals surface area contributed by atoms with Crippen molar-refractivity contribution < 1.29 is 9.47 Å². The molecular weight excluding hydrogens is 326 g/mol. The first-order valence-corrected chi connectivity index (χ1v) is 9.24. The van der Waals surface area contributed by atoms with Crippen molar-refractivity contribution in [3.63, 3.8) is 0 Å². The minimum Gasteiger partial charge on any atom is -0.493 e. The van der Waals surface area contributed by atoms with Gasteiger partial charge in [0.1, 0.15) is 17.6 Å². The Balaban J connectivity index is 1.63. The second-order valence-corrected chi connectivity index (χ2v) is 6.33. The Morgan fingerprint density at radius 3 is 2.77 bits per heavy atom. The highest BCUT2D eigenvalue weighted by Crippen LogP contribution is 2.31. The Bertz CT molecular complexity index is 718. The van der Waals surface area contributed by atoms with E-state index in [2.05, 4.69) is 23.6 Å². The molecule has 0 radical (unpaired) electrons. The third-order valence-corrected chi connectivity index (χ3v) is 4.20. The number of fused-ring (bicyclic) bond motifs is 1. The van der Waals surface area contributed by atoms with Gasteiger partial charge in [-0.1, -0.05) is 36.4 Å². The zero-order valence-corrected chi connectivity index (χ0v) is 15.4. The van der Waals surface area contributed by atoms with Crippen molar-refractivity contribution in [1.29, 1.82) is 0 Å². The van der Waals surface area contributed by atoms with Crippen LogP contribution in [0.4, 0.5) is 0 Å². The van der Waals surface area contributed by atoms with Crippen LogP contribution in [0.15, 0.2) is 59.6 Å². The Morgan fingerprint density at radius 1 is 1.19 bits per heavy atom. The number of ether oxygens (including phenoxy) is 2. The molecule has 0 aliphatic carbocycles. The molecule has 2 atom stereocenters. The summed E-state index contributed by atoms with van der Waals surface area (Å²) in [7, 11) is 0. The molecule has 2 N–H and O–H groups in total. The Morgan fingerprint density at radius 2 is 1.96 bits per heavy atom. The predicted molar refractivity (Wildman–Crippen MR) is 105 cm³/mol. The van der Waals surface area contributed by atoms with E-state index in [-0.39, 0.29) is 12.1 Å². The Labute approximate surface area is 155 Å². The van der Waals surface area contributed by atoms with Crippen molar-refractivity contribution >= 4 is 5.96 Å². The molecule has 0 fully saturated rings. The van der Waals surface area contributed by atoms with E-state index in [0.717, 1.165) is 30.4 Å². The largest absolute Gasteiger partial charge is 0.493 e. The molecule has 1 aliphatic heterocycles. The quantitative estimate of drug-likeness (QED) is 0.616. The summed E-state index contributed by atoms with van der Waals surface area (Å²) in [5.41, 5.74) is 1.18. The summed E-state index contributed by atoms with van der Waals surface area (Å²) >= 11 is 0. The van der Waals surface area contributed by atoms with Gasteiger partial charge in [-0.2, -0.15) is 0 Å². The van der Waals surface area contributed by atoms with Crippen LogP contribution in [0.1, 0.15) is 31.9 Å². The number of rotatable bonds is 6. The SMILES string of the molecule is CCNC(=NCC(C)Oc1ccccc1)NC1CCOc2ccccc21. The summed E-state index contributed by atoms with van der Waals surface area (Å²) in [4.78, 5) is 4.71.